The average Bonchev–Trinajstić information content (AvgIpc) is 3.48. The number of hydrogen-bond acceptors (Lipinski definition) is 2. The third-order valence-electron chi connectivity index (χ3n) is 8.19. The maximum atomic E-state index is 4.84. The quantitative estimate of drug-likeness (QED) is 0.202. The molecule has 0 bridgehead atoms. The van der Waals surface area contributed by atoms with Crippen molar-refractivity contribution in [1.82, 2.24) is 4.98 Å². The molecule has 202 valence electrons. The number of nitrogens with zero attached hydrogens (tertiary/aromatic N) is 1. The van der Waals surface area contributed by atoms with Crippen LogP contribution in [0.3, 0.4) is 0 Å². The number of thiophene rings is 1. The van der Waals surface area contributed by atoms with Crippen LogP contribution in [-0.2, 0) is 0 Å². The molecule has 0 radical (unpaired) electrons. The molecule has 8 aromatic rings. The molecule has 0 aliphatic carbocycles. The standard InChI is InChI=1S/C41H27NS/c1-3-13-28(14-4-1)31-17-7-9-19-33(31)35-21-11-23-37-38-24-12-22-36(41(38)43-40(35)37)34-20-10-8-18-32(34)30-25-26-39(42-27-30)29-15-5-2-6-16-29/h1-27H. The second-order valence-electron chi connectivity index (χ2n) is 10.7. The smallest absolute Gasteiger partial charge is 0.0702 e. The molecule has 0 amide bonds. The van der Waals surface area contributed by atoms with Crippen LogP contribution < -0.4 is 0 Å². The van der Waals surface area contributed by atoms with E-state index in [9.17, 15) is 0 Å². The minimum atomic E-state index is 0.983. The summed E-state index contributed by atoms with van der Waals surface area (Å²) in [6.07, 6.45) is 2.00. The highest BCUT2D eigenvalue weighted by Crippen LogP contribution is 2.46. The summed E-state index contributed by atoms with van der Waals surface area (Å²) in [5.41, 5.74) is 11.9. The Kier molecular flexibility index (Phi) is 6.40. The predicted octanol–water partition coefficient (Wildman–Crippen LogP) is 11.8. The van der Waals surface area contributed by atoms with Crippen molar-refractivity contribution in [2.45, 2.75) is 0 Å². The summed E-state index contributed by atoms with van der Waals surface area (Å²) >= 11 is 1.90. The average molecular weight is 566 g/mol. The maximum Gasteiger partial charge on any atom is 0.0702 e. The predicted molar refractivity (Wildman–Crippen MR) is 184 cm³/mol. The largest absolute Gasteiger partial charge is 0.256 e. The number of rotatable bonds is 5. The lowest BCUT2D eigenvalue weighted by molar-refractivity contribution is 1.33. The van der Waals surface area contributed by atoms with Crippen LogP contribution in [0.1, 0.15) is 0 Å². The lowest BCUT2D eigenvalue weighted by atomic mass is 9.93. The van der Waals surface area contributed by atoms with Crippen molar-refractivity contribution in [1.29, 1.82) is 0 Å². The van der Waals surface area contributed by atoms with Gasteiger partial charge in [-0.15, -0.1) is 11.3 Å². The molecule has 8 rings (SSSR count). The molecule has 0 saturated carbocycles. The highest BCUT2D eigenvalue weighted by atomic mass is 32.1. The van der Waals surface area contributed by atoms with Gasteiger partial charge in [0.1, 0.15) is 0 Å². The van der Waals surface area contributed by atoms with Crippen LogP contribution in [0.25, 0.3) is 75.9 Å². The molecule has 1 nitrogen and oxygen atoms in total. The highest BCUT2D eigenvalue weighted by Gasteiger charge is 2.17. The number of hydrogen-bond donors (Lipinski definition) is 0. The third-order valence-corrected chi connectivity index (χ3v) is 9.48. The zero-order valence-corrected chi connectivity index (χ0v) is 24.3. The zero-order chi connectivity index (χ0) is 28.6. The lowest BCUT2D eigenvalue weighted by Crippen LogP contribution is -1.88. The summed E-state index contributed by atoms with van der Waals surface area (Å²) in [6, 6.07) is 56.3. The fraction of sp³-hybridized carbons (Fsp3) is 0. The molecule has 0 fully saturated rings. The topological polar surface area (TPSA) is 12.9 Å². The van der Waals surface area contributed by atoms with Gasteiger partial charge in [-0.2, -0.15) is 0 Å². The summed E-state index contributed by atoms with van der Waals surface area (Å²) in [5, 5.41) is 2.59. The van der Waals surface area contributed by atoms with Crippen molar-refractivity contribution in [2.24, 2.45) is 0 Å². The number of benzene rings is 6. The molecule has 0 unspecified atom stereocenters. The van der Waals surface area contributed by atoms with E-state index in [1.54, 1.807) is 0 Å². The van der Waals surface area contributed by atoms with Crippen molar-refractivity contribution in [2.75, 3.05) is 0 Å². The van der Waals surface area contributed by atoms with Crippen LogP contribution in [0.15, 0.2) is 164 Å². The fourth-order valence-corrected chi connectivity index (χ4v) is 7.49. The molecule has 43 heavy (non-hydrogen) atoms. The Balaban J connectivity index is 1.29. The molecule has 0 atom stereocenters. The van der Waals surface area contributed by atoms with Gasteiger partial charge in [0, 0.05) is 48.6 Å². The lowest BCUT2D eigenvalue weighted by Gasteiger charge is -2.11. The van der Waals surface area contributed by atoms with E-state index in [0.29, 0.717) is 0 Å². The van der Waals surface area contributed by atoms with Crippen molar-refractivity contribution >= 4 is 31.5 Å². The summed E-state index contributed by atoms with van der Waals surface area (Å²) in [6.45, 7) is 0. The van der Waals surface area contributed by atoms with Crippen LogP contribution in [0, 0.1) is 0 Å². The number of pyridine rings is 1. The van der Waals surface area contributed by atoms with E-state index in [1.165, 1.54) is 59.1 Å². The Morgan fingerprint density at radius 2 is 0.791 bits per heavy atom. The van der Waals surface area contributed by atoms with Gasteiger partial charge < -0.3 is 0 Å². The molecule has 0 spiro atoms. The molecule has 2 heteroatoms. The van der Waals surface area contributed by atoms with Crippen molar-refractivity contribution in [3.63, 3.8) is 0 Å². The van der Waals surface area contributed by atoms with Gasteiger partial charge in [-0.05, 0) is 33.9 Å². The molecule has 0 aliphatic heterocycles. The molecule has 6 aromatic carbocycles. The van der Waals surface area contributed by atoms with E-state index < -0.39 is 0 Å². The second kappa shape index (κ2) is 10.8. The summed E-state index contributed by atoms with van der Waals surface area (Å²) < 4.78 is 2.63. The molecule has 2 heterocycles. The SMILES string of the molecule is c1ccc(-c2ccc(-c3ccccc3-c3cccc4c3sc3c(-c5ccccc5-c5ccccc5)cccc34)cn2)cc1. The first-order valence-corrected chi connectivity index (χ1v) is 15.4. The highest BCUT2D eigenvalue weighted by molar-refractivity contribution is 7.26. The van der Waals surface area contributed by atoms with Crippen molar-refractivity contribution in [3.8, 4) is 55.8 Å². The van der Waals surface area contributed by atoms with Crippen molar-refractivity contribution < 1.29 is 0 Å². The second-order valence-corrected chi connectivity index (χ2v) is 11.7. The molecule has 2 aromatic heterocycles. The van der Waals surface area contributed by atoms with E-state index in [1.807, 2.05) is 23.6 Å². The van der Waals surface area contributed by atoms with Gasteiger partial charge >= 0.3 is 0 Å². The first kappa shape index (κ1) is 25.4. The summed E-state index contributed by atoms with van der Waals surface area (Å²) in [7, 11) is 0. The van der Waals surface area contributed by atoms with Gasteiger partial charge in [-0.3, -0.25) is 4.98 Å². The first-order chi connectivity index (χ1) is 21.3. The van der Waals surface area contributed by atoms with E-state index in [4.69, 9.17) is 4.98 Å². The van der Waals surface area contributed by atoms with E-state index in [-0.39, 0.29) is 0 Å². The normalized spacial score (nSPS) is 11.3. The van der Waals surface area contributed by atoms with E-state index >= 15 is 0 Å². The molecule has 0 N–H and O–H groups in total. The zero-order valence-electron chi connectivity index (χ0n) is 23.4. The molecular formula is C41H27NS. The molecule has 0 saturated heterocycles. The van der Waals surface area contributed by atoms with Gasteiger partial charge in [0.2, 0.25) is 0 Å². The summed E-state index contributed by atoms with van der Waals surface area (Å²) in [4.78, 5) is 4.84. The minimum Gasteiger partial charge on any atom is -0.256 e. The number of aromatic nitrogens is 1. The third kappa shape index (κ3) is 4.53. The van der Waals surface area contributed by atoms with E-state index in [0.717, 1.165) is 16.8 Å². The van der Waals surface area contributed by atoms with Gasteiger partial charge in [-0.25, -0.2) is 0 Å². The van der Waals surface area contributed by atoms with Gasteiger partial charge in [-0.1, -0.05) is 152 Å². The van der Waals surface area contributed by atoms with Gasteiger partial charge in [0.05, 0.1) is 5.69 Å². The summed E-state index contributed by atoms with van der Waals surface area (Å²) in [5.74, 6) is 0. The van der Waals surface area contributed by atoms with Gasteiger partial charge in [0.15, 0.2) is 0 Å². The Morgan fingerprint density at radius 1 is 0.326 bits per heavy atom. The number of fused-ring (bicyclic) bond motifs is 3. The van der Waals surface area contributed by atoms with Crippen LogP contribution in [-0.4, -0.2) is 4.98 Å². The van der Waals surface area contributed by atoms with E-state index in [2.05, 4.69) is 152 Å². The fourth-order valence-electron chi connectivity index (χ4n) is 6.13. The Bertz CT molecular complexity index is 2210. The maximum absolute atomic E-state index is 4.84. The first-order valence-electron chi connectivity index (χ1n) is 14.6. The Morgan fingerprint density at radius 3 is 1.33 bits per heavy atom. The Labute approximate surface area is 255 Å². The van der Waals surface area contributed by atoms with Crippen LogP contribution in [0.5, 0.6) is 0 Å². The monoisotopic (exact) mass is 565 g/mol. The van der Waals surface area contributed by atoms with Crippen LogP contribution in [0.2, 0.25) is 0 Å². The Hall–Kier alpha value is -5.31. The van der Waals surface area contributed by atoms with Crippen molar-refractivity contribution in [3.05, 3.63) is 164 Å². The molecular weight excluding hydrogens is 539 g/mol. The van der Waals surface area contributed by atoms with Crippen LogP contribution >= 0.6 is 11.3 Å². The van der Waals surface area contributed by atoms with Gasteiger partial charge in [0.25, 0.3) is 0 Å². The minimum absolute atomic E-state index is 0.983. The van der Waals surface area contributed by atoms with Crippen LogP contribution in [0.4, 0.5) is 0 Å². The molecule has 0 aliphatic rings.